The van der Waals surface area contributed by atoms with Gasteiger partial charge in [0.25, 0.3) is 0 Å². The predicted molar refractivity (Wildman–Crippen MR) is 207 cm³/mol. The van der Waals surface area contributed by atoms with E-state index in [0.29, 0.717) is 0 Å². The van der Waals surface area contributed by atoms with Gasteiger partial charge in [0.05, 0.1) is 0 Å². The minimum atomic E-state index is 0.000208. The van der Waals surface area contributed by atoms with Gasteiger partial charge in [-0.3, -0.25) is 0 Å². The molecule has 12 rings (SSSR count). The summed E-state index contributed by atoms with van der Waals surface area (Å²) in [5.74, 6) is 2.70. The first kappa shape index (κ1) is 28.2. The highest BCUT2D eigenvalue weighted by atomic mass is 14.6. The minimum absolute atomic E-state index is 0.000208. The first-order chi connectivity index (χ1) is 23.9. The summed E-state index contributed by atoms with van der Waals surface area (Å²) in [6.45, 7) is 4.77. The fourth-order valence-corrected chi connectivity index (χ4v) is 11.9. The van der Waals surface area contributed by atoms with Crippen LogP contribution in [0.15, 0.2) is 127 Å². The SMILES string of the molecule is CC1(C)c2ccccc2-c2cc(-c3c4ccccc4c(C45CC6CC(CC(C6)C4)C5)c4ccc(-c5ccc6ccccc6c5)cc34)ccc21. The van der Waals surface area contributed by atoms with Crippen LogP contribution < -0.4 is 0 Å². The second-order valence-corrected chi connectivity index (χ2v) is 16.7. The molecule has 0 aromatic heterocycles. The van der Waals surface area contributed by atoms with Crippen molar-refractivity contribution in [3.05, 3.63) is 144 Å². The third-order valence-electron chi connectivity index (χ3n) is 13.5. The minimum Gasteiger partial charge on any atom is -0.0619 e. The monoisotopic (exact) mass is 630 g/mol. The zero-order valence-electron chi connectivity index (χ0n) is 28.6. The third-order valence-corrected chi connectivity index (χ3v) is 13.5. The van der Waals surface area contributed by atoms with Gasteiger partial charge in [-0.15, -0.1) is 0 Å². The van der Waals surface area contributed by atoms with Gasteiger partial charge in [0.1, 0.15) is 0 Å². The first-order valence-electron chi connectivity index (χ1n) is 18.7. The standard InChI is InChI=1S/C49H42/c1-48(2)44-14-8-7-11-38(44)42-26-37(18-20-45(42)48)46-39-12-5-6-13-40(39)47(49-27-30-21-31(28-49)23-32(22-30)29-49)41-19-17-36(25-43(41)46)35-16-15-33-9-3-4-10-34(33)24-35/h3-20,24-26,30-32H,21-23,27-29H2,1-2H3. The van der Waals surface area contributed by atoms with Gasteiger partial charge in [-0.25, -0.2) is 0 Å². The van der Waals surface area contributed by atoms with Crippen molar-refractivity contribution in [2.75, 3.05) is 0 Å². The zero-order valence-corrected chi connectivity index (χ0v) is 28.6. The van der Waals surface area contributed by atoms with Crippen LogP contribution in [-0.4, -0.2) is 0 Å². The van der Waals surface area contributed by atoms with Crippen LogP contribution >= 0.6 is 0 Å². The van der Waals surface area contributed by atoms with Crippen molar-refractivity contribution >= 4 is 32.3 Å². The van der Waals surface area contributed by atoms with Crippen LogP contribution in [0.2, 0.25) is 0 Å². The molecule has 0 nitrogen and oxygen atoms in total. The molecular formula is C49H42. The average molecular weight is 631 g/mol. The van der Waals surface area contributed by atoms with Gasteiger partial charge < -0.3 is 0 Å². The molecule has 5 aliphatic carbocycles. The summed E-state index contributed by atoms with van der Waals surface area (Å²) in [4.78, 5) is 0. The van der Waals surface area contributed by atoms with E-state index in [-0.39, 0.29) is 10.8 Å². The van der Waals surface area contributed by atoms with E-state index >= 15 is 0 Å². The van der Waals surface area contributed by atoms with E-state index in [1.54, 1.807) is 5.56 Å². The van der Waals surface area contributed by atoms with Crippen molar-refractivity contribution in [2.45, 2.75) is 63.2 Å². The molecule has 0 heteroatoms. The maximum Gasteiger partial charge on any atom is 0.0158 e. The molecule has 0 unspecified atom stereocenters. The summed E-state index contributed by atoms with van der Waals surface area (Å²) >= 11 is 0. The van der Waals surface area contributed by atoms with Crippen molar-refractivity contribution in [1.29, 1.82) is 0 Å². The molecule has 0 aliphatic heterocycles. The highest BCUT2D eigenvalue weighted by Crippen LogP contribution is 2.63. The summed E-state index contributed by atoms with van der Waals surface area (Å²) in [6.07, 6.45) is 8.50. The molecule has 4 bridgehead atoms. The van der Waals surface area contributed by atoms with Gasteiger partial charge in [-0.2, -0.15) is 0 Å². The number of fused-ring (bicyclic) bond motifs is 6. The van der Waals surface area contributed by atoms with E-state index in [4.69, 9.17) is 0 Å². The Hall–Kier alpha value is -4.68. The Morgan fingerprint density at radius 3 is 1.84 bits per heavy atom. The number of hydrogen-bond acceptors (Lipinski definition) is 0. The molecule has 0 radical (unpaired) electrons. The van der Waals surface area contributed by atoms with Gasteiger partial charge in [0.15, 0.2) is 0 Å². The van der Waals surface area contributed by atoms with Crippen molar-refractivity contribution in [1.82, 2.24) is 0 Å². The van der Waals surface area contributed by atoms with Crippen LogP contribution in [0.1, 0.15) is 69.1 Å². The molecular weight excluding hydrogens is 589 g/mol. The summed E-state index contributed by atoms with van der Waals surface area (Å²) in [5.41, 5.74) is 12.9. The van der Waals surface area contributed by atoms with Crippen LogP contribution in [0.25, 0.3) is 65.7 Å². The van der Waals surface area contributed by atoms with Gasteiger partial charge in [-0.05, 0) is 162 Å². The molecule has 0 spiro atoms. The van der Waals surface area contributed by atoms with E-state index < -0.39 is 0 Å². The normalized spacial score (nSPS) is 24.5. The Balaban J connectivity index is 1.22. The molecule has 238 valence electrons. The maximum absolute atomic E-state index is 2.55. The van der Waals surface area contributed by atoms with E-state index in [9.17, 15) is 0 Å². The van der Waals surface area contributed by atoms with Crippen molar-refractivity contribution in [3.8, 4) is 33.4 Å². The molecule has 7 aromatic rings. The number of hydrogen-bond donors (Lipinski definition) is 0. The van der Waals surface area contributed by atoms with Crippen molar-refractivity contribution < 1.29 is 0 Å². The Morgan fingerprint density at radius 1 is 0.449 bits per heavy atom. The molecule has 0 N–H and O–H groups in total. The lowest BCUT2D eigenvalue weighted by atomic mass is 9.47. The first-order valence-corrected chi connectivity index (χ1v) is 18.7. The summed E-state index contributed by atoms with van der Waals surface area (Å²) < 4.78 is 0. The van der Waals surface area contributed by atoms with Crippen LogP contribution in [0.4, 0.5) is 0 Å². The molecule has 0 atom stereocenters. The van der Waals surface area contributed by atoms with Gasteiger partial charge in [-0.1, -0.05) is 123 Å². The van der Waals surface area contributed by atoms with Crippen LogP contribution in [0.3, 0.4) is 0 Å². The van der Waals surface area contributed by atoms with E-state index in [0.717, 1.165) is 17.8 Å². The Labute approximate surface area is 289 Å². The Bertz CT molecular complexity index is 2470. The largest absolute Gasteiger partial charge is 0.0619 e. The summed E-state index contributed by atoms with van der Waals surface area (Å²) in [5, 5.41) is 8.41. The van der Waals surface area contributed by atoms with Gasteiger partial charge >= 0.3 is 0 Å². The van der Waals surface area contributed by atoms with E-state index in [1.165, 1.54) is 115 Å². The molecule has 49 heavy (non-hydrogen) atoms. The van der Waals surface area contributed by atoms with Crippen LogP contribution in [0.5, 0.6) is 0 Å². The number of benzene rings is 7. The molecule has 0 saturated heterocycles. The molecule has 5 aliphatic rings. The van der Waals surface area contributed by atoms with E-state index in [1.807, 2.05) is 0 Å². The fourth-order valence-electron chi connectivity index (χ4n) is 11.9. The highest BCUT2D eigenvalue weighted by Gasteiger charge is 2.52. The lowest BCUT2D eigenvalue weighted by Crippen LogP contribution is -2.48. The second-order valence-electron chi connectivity index (χ2n) is 16.7. The fraction of sp³-hybridized carbons (Fsp3) is 0.265. The van der Waals surface area contributed by atoms with Crippen LogP contribution in [0, 0.1) is 17.8 Å². The van der Waals surface area contributed by atoms with Crippen molar-refractivity contribution in [3.63, 3.8) is 0 Å². The predicted octanol–water partition coefficient (Wildman–Crippen LogP) is 13.3. The van der Waals surface area contributed by atoms with Crippen molar-refractivity contribution in [2.24, 2.45) is 17.8 Å². The highest BCUT2D eigenvalue weighted by molar-refractivity contribution is 6.16. The van der Waals surface area contributed by atoms with Gasteiger partial charge in [0, 0.05) is 5.41 Å². The second kappa shape index (κ2) is 9.95. The smallest absolute Gasteiger partial charge is 0.0158 e. The van der Waals surface area contributed by atoms with Gasteiger partial charge in [0.2, 0.25) is 0 Å². The average Bonchev–Trinajstić information content (AvgIpc) is 3.35. The van der Waals surface area contributed by atoms with Crippen LogP contribution in [-0.2, 0) is 10.8 Å². The third kappa shape index (κ3) is 3.98. The maximum atomic E-state index is 2.55. The molecule has 7 aromatic carbocycles. The lowest BCUT2D eigenvalue weighted by molar-refractivity contribution is -0.00382. The summed E-state index contributed by atoms with van der Waals surface area (Å²) in [6, 6.07) is 49.2. The lowest BCUT2D eigenvalue weighted by Gasteiger charge is -2.57. The molecule has 0 amide bonds. The summed E-state index contributed by atoms with van der Waals surface area (Å²) in [7, 11) is 0. The number of rotatable bonds is 3. The topological polar surface area (TPSA) is 0 Å². The Kier molecular flexibility index (Phi) is 5.72. The zero-order chi connectivity index (χ0) is 32.5. The molecule has 4 fully saturated rings. The molecule has 4 saturated carbocycles. The quantitative estimate of drug-likeness (QED) is 0.170. The Morgan fingerprint density at radius 2 is 1.04 bits per heavy atom. The molecule has 0 heterocycles. The van der Waals surface area contributed by atoms with E-state index in [2.05, 4.69) is 141 Å².